The van der Waals surface area contributed by atoms with Crippen LogP contribution in [0.2, 0.25) is 0 Å². The number of hydrogen-bond donors (Lipinski definition) is 1. The summed E-state index contributed by atoms with van der Waals surface area (Å²) in [7, 11) is 0. The predicted molar refractivity (Wildman–Crippen MR) is 137 cm³/mol. The van der Waals surface area contributed by atoms with Gasteiger partial charge in [0.2, 0.25) is 12.7 Å². The first-order valence-electron chi connectivity index (χ1n) is 13.5. The summed E-state index contributed by atoms with van der Waals surface area (Å²) in [5.74, 6) is 4.38. The molecule has 4 heterocycles. The first-order chi connectivity index (χ1) is 17.7. The first-order valence-corrected chi connectivity index (χ1v) is 13.5. The van der Waals surface area contributed by atoms with Crippen LogP contribution in [0.15, 0.2) is 30.5 Å². The average molecular weight is 493 g/mol. The number of piperazine rings is 1. The van der Waals surface area contributed by atoms with Gasteiger partial charge in [0, 0.05) is 50.4 Å². The maximum Gasteiger partial charge on any atom is 0.231 e. The SMILES string of the molecule is O=C(Cc1ccc2c(c1)OCO2)N[C@H]1CC[C@H](CCN2CCN(c3nccc4c3OCC4)CC2)CC1. The summed E-state index contributed by atoms with van der Waals surface area (Å²) in [5, 5.41) is 3.26. The Balaban J connectivity index is 0.894. The first kappa shape index (κ1) is 23.4. The number of rotatable bonds is 7. The minimum Gasteiger partial charge on any atom is -0.489 e. The molecular weight excluding hydrogens is 456 g/mol. The fourth-order valence-electron chi connectivity index (χ4n) is 5.98. The molecule has 8 nitrogen and oxygen atoms in total. The molecule has 0 spiro atoms. The molecule has 0 unspecified atom stereocenters. The fraction of sp³-hybridized carbons (Fsp3) is 0.571. The minimum atomic E-state index is 0.0964. The molecule has 1 N–H and O–H groups in total. The van der Waals surface area contributed by atoms with Crippen molar-refractivity contribution in [3.8, 4) is 17.2 Å². The lowest BCUT2D eigenvalue weighted by Gasteiger charge is -2.37. The van der Waals surface area contributed by atoms with E-state index in [1.165, 1.54) is 24.8 Å². The van der Waals surface area contributed by atoms with Crippen LogP contribution in [0.1, 0.15) is 43.2 Å². The summed E-state index contributed by atoms with van der Waals surface area (Å²) < 4.78 is 16.6. The molecule has 1 aliphatic carbocycles. The van der Waals surface area contributed by atoms with Crippen molar-refractivity contribution in [2.75, 3.05) is 51.0 Å². The van der Waals surface area contributed by atoms with Crippen molar-refractivity contribution >= 4 is 11.7 Å². The lowest BCUT2D eigenvalue weighted by molar-refractivity contribution is -0.121. The van der Waals surface area contributed by atoms with Crippen LogP contribution in [-0.2, 0) is 17.6 Å². The summed E-state index contributed by atoms with van der Waals surface area (Å²) in [5.41, 5.74) is 2.26. The van der Waals surface area contributed by atoms with E-state index in [9.17, 15) is 4.79 Å². The Hall–Kier alpha value is -3.00. The third-order valence-corrected chi connectivity index (χ3v) is 8.12. The molecule has 192 valence electrons. The van der Waals surface area contributed by atoms with Gasteiger partial charge in [-0.15, -0.1) is 0 Å². The zero-order chi connectivity index (χ0) is 24.3. The highest BCUT2D eigenvalue weighted by Gasteiger charge is 2.27. The van der Waals surface area contributed by atoms with Crippen LogP contribution in [0, 0.1) is 5.92 Å². The lowest BCUT2D eigenvalue weighted by atomic mass is 9.84. The van der Waals surface area contributed by atoms with Gasteiger partial charge in [-0.05, 0) is 68.3 Å². The standard InChI is InChI=1S/C28H36N4O4/c33-26(18-21-3-6-24-25(17-21)36-19-35-24)30-23-4-1-20(2-5-23)8-11-31-12-14-32(15-13-31)28-27-22(7-10-29-28)9-16-34-27/h3,6-7,10,17,20,23H,1-2,4-5,8-9,11-16,18-19H2,(H,30,33)/t20-,23-. The van der Waals surface area contributed by atoms with Gasteiger partial charge in [0.1, 0.15) is 0 Å². The summed E-state index contributed by atoms with van der Waals surface area (Å²) in [6.45, 7) is 6.38. The number of nitrogens with one attached hydrogen (secondary N) is 1. The van der Waals surface area contributed by atoms with Crippen molar-refractivity contribution < 1.29 is 19.0 Å². The van der Waals surface area contributed by atoms with Gasteiger partial charge in [-0.25, -0.2) is 4.98 Å². The van der Waals surface area contributed by atoms with E-state index >= 15 is 0 Å². The number of nitrogens with zero attached hydrogens (tertiary/aromatic N) is 3. The number of fused-ring (bicyclic) bond motifs is 2. The molecular formula is C28H36N4O4. The predicted octanol–water partition coefficient (Wildman–Crippen LogP) is 3.18. The molecule has 0 bridgehead atoms. The van der Waals surface area contributed by atoms with E-state index in [0.29, 0.717) is 12.5 Å². The Labute approximate surface area is 212 Å². The monoisotopic (exact) mass is 492 g/mol. The minimum absolute atomic E-state index is 0.0964. The molecule has 0 atom stereocenters. The van der Waals surface area contributed by atoms with E-state index < -0.39 is 0 Å². The topological polar surface area (TPSA) is 76.2 Å². The summed E-state index contributed by atoms with van der Waals surface area (Å²) >= 11 is 0. The third-order valence-electron chi connectivity index (χ3n) is 8.12. The number of carbonyl (C=O) groups is 1. The number of carbonyl (C=O) groups excluding carboxylic acids is 1. The van der Waals surface area contributed by atoms with Gasteiger partial charge < -0.3 is 24.4 Å². The van der Waals surface area contributed by atoms with Gasteiger partial charge in [0.05, 0.1) is 13.0 Å². The molecule has 4 aliphatic rings. The van der Waals surface area contributed by atoms with Gasteiger partial charge in [0.15, 0.2) is 23.1 Å². The number of hydrogen-bond acceptors (Lipinski definition) is 7. The highest BCUT2D eigenvalue weighted by Crippen LogP contribution is 2.35. The molecule has 2 fully saturated rings. The van der Waals surface area contributed by atoms with Crippen LogP contribution in [0.3, 0.4) is 0 Å². The molecule has 0 radical (unpaired) electrons. The van der Waals surface area contributed by atoms with Gasteiger partial charge in [-0.2, -0.15) is 0 Å². The molecule has 1 saturated heterocycles. The normalized spacial score (nSPS) is 23.3. The van der Waals surface area contributed by atoms with Crippen molar-refractivity contribution in [1.29, 1.82) is 0 Å². The molecule has 1 saturated carbocycles. The summed E-state index contributed by atoms with van der Waals surface area (Å²) in [4.78, 5) is 22.2. The second kappa shape index (κ2) is 10.5. The number of benzene rings is 1. The average Bonchev–Trinajstić information content (AvgIpc) is 3.58. The van der Waals surface area contributed by atoms with E-state index in [1.54, 1.807) is 0 Å². The van der Waals surface area contributed by atoms with Crippen molar-refractivity contribution in [2.24, 2.45) is 5.92 Å². The third kappa shape index (κ3) is 5.24. The molecule has 1 aromatic carbocycles. The maximum absolute atomic E-state index is 12.6. The molecule has 1 amide bonds. The van der Waals surface area contributed by atoms with E-state index in [2.05, 4.69) is 26.2 Å². The number of amides is 1. The second-order valence-electron chi connectivity index (χ2n) is 10.5. The van der Waals surface area contributed by atoms with Gasteiger partial charge in [-0.1, -0.05) is 6.07 Å². The molecule has 6 rings (SSSR count). The maximum atomic E-state index is 12.6. The Kier molecular flexibility index (Phi) is 6.86. The number of ether oxygens (including phenoxy) is 3. The van der Waals surface area contributed by atoms with Crippen molar-refractivity contribution in [2.45, 2.75) is 51.0 Å². The summed E-state index contributed by atoms with van der Waals surface area (Å²) in [6.07, 6.45) is 9.11. The number of pyridine rings is 1. The van der Waals surface area contributed by atoms with Crippen LogP contribution in [-0.4, -0.2) is 68.0 Å². The van der Waals surface area contributed by atoms with Crippen molar-refractivity contribution in [3.05, 3.63) is 41.6 Å². The smallest absolute Gasteiger partial charge is 0.231 e. The van der Waals surface area contributed by atoms with E-state index in [-0.39, 0.29) is 12.7 Å². The zero-order valence-corrected chi connectivity index (χ0v) is 20.9. The quantitative estimate of drug-likeness (QED) is 0.636. The van der Waals surface area contributed by atoms with E-state index in [0.717, 1.165) is 93.1 Å². The molecule has 8 heteroatoms. The largest absolute Gasteiger partial charge is 0.489 e. The van der Waals surface area contributed by atoms with Crippen LogP contribution in [0.5, 0.6) is 17.2 Å². The fourth-order valence-corrected chi connectivity index (χ4v) is 5.98. The number of aromatic nitrogens is 1. The molecule has 3 aliphatic heterocycles. The highest BCUT2D eigenvalue weighted by atomic mass is 16.7. The van der Waals surface area contributed by atoms with E-state index in [4.69, 9.17) is 14.2 Å². The Morgan fingerprint density at radius 3 is 2.69 bits per heavy atom. The zero-order valence-electron chi connectivity index (χ0n) is 20.9. The van der Waals surface area contributed by atoms with Crippen LogP contribution >= 0.6 is 0 Å². The van der Waals surface area contributed by atoms with E-state index in [1.807, 2.05) is 24.4 Å². The molecule has 2 aromatic rings. The van der Waals surface area contributed by atoms with Crippen LogP contribution < -0.4 is 24.4 Å². The van der Waals surface area contributed by atoms with Crippen LogP contribution in [0.25, 0.3) is 0 Å². The van der Waals surface area contributed by atoms with Crippen LogP contribution in [0.4, 0.5) is 5.82 Å². The van der Waals surface area contributed by atoms with Crippen molar-refractivity contribution in [3.63, 3.8) is 0 Å². The number of anilines is 1. The summed E-state index contributed by atoms with van der Waals surface area (Å²) in [6, 6.07) is 8.13. The highest BCUT2D eigenvalue weighted by molar-refractivity contribution is 5.79. The molecule has 36 heavy (non-hydrogen) atoms. The Bertz CT molecular complexity index is 1080. The van der Waals surface area contributed by atoms with Gasteiger partial charge in [0.25, 0.3) is 0 Å². The van der Waals surface area contributed by atoms with Crippen molar-refractivity contribution in [1.82, 2.24) is 15.2 Å². The lowest BCUT2D eigenvalue weighted by Crippen LogP contribution is -2.47. The Morgan fingerprint density at radius 2 is 1.83 bits per heavy atom. The second-order valence-corrected chi connectivity index (χ2v) is 10.5. The van der Waals surface area contributed by atoms with Gasteiger partial charge >= 0.3 is 0 Å². The van der Waals surface area contributed by atoms with Gasteiger partial charge in [-0.3, -0.25) is 9.69 Å². The molecule has 1 aromatic heterocycles. The Morgan fingerprint density at radius 1 is 1.00 bits per heavy atom.